The van der Waals surface area contributed by atoms with Crippen LogP contribution in [0.2, 0.25) is 0 Å². The lowest BCUT2D eigenvalue weighted by Gasteiger charge is -2.42. The quantitative estimate of drug-likeness (QED) is 0.559. The molecule has 1 saturated heterocycles. The molecule has 0 aliphatic carbocycles. The minimum Gasteiger partial charge on any atom is -0.371 e. The molecule has 48 valence electrons. The molecule has 0 N–H and O–H groups in total. The third kappa shape index (κ3) is 1.23. The summed E-state index contributed by atoms with van der Waals surface area (Å²) in [5.41, 5.74) is 0.165. The van der Waals surface area contributed by atoms with Gasteiger partial charge in [0.1, 0.15) is 0 Å². The number of halogens is 1. The highest BCUT2D eigenvalue weighted by molar-refractivity contribution is 9.09. The van der Waals surface area contributed by atoms with E-state index in [0.717, 1.165) is 5.33 Å². The number of hydrogen-bond donors (Lipinski definition) is 0. The van der Waals surface area contributed by atoms with Crippen molar-refractivity contribution in [2.24, 2.45) is 0 Å². The van der Waals surface area contributed by atoms with Crippen molar-refractivity contribution in [1.29, 1.82) is 0 Å². The molecular formula is C6H11BrO. The van der Waals surface area contributed by atoms with Crippen molar-refractivity contribution in [3.63, 3.8) is 0 Å². The number of alkyl halides is 1. The Kier molecular flexibility index (Phi) is 1.63. The highest BCUT2D eigenvalue weighted by atomic mass is 79.9. The van der Waals surface area contributed by atoms with Gasteiger partial charge in [0.2, 0.25) is 0 Å². The molecule has 1 atom stereocenters. The van der Waals surface area contributed by atoms with E-state index in [1.54, 1.807) is 0 Å². The van der Waals surface area contributed by atoms with Crippen molar-refractivity contribution in [2.75, 3.05) is 5.33 Å². The van der Waals surface area contributed by atoms with Crippen LogP contribution in [0.1, 0.15) is 20.3 Å². The number of rotatable bonds is 1. The van der Waals surface area contributed by atoms with Crippen molar-refractivity contribution in [1.82, 2.24) is 0 Å². The van der Waals surface area contributed by atoms with Crippen LogP contribution in [-0.4, -0.2) is 17.0 Å². The monoisotopic (exact) mass is 178 g/mol. The van der Waals surface area contributed by atoms with Gasteiger partial charge in [-0.25, -0.2) is 0 Å². The van der Waals surface area contributed by atoms with Gasteiger partial charge in [-0.1, -0.05) is 15.9 Å². The van der Waals surface area contributed by atoms with E-state index in [-0.39, 0.29) is 5.60 Å². The molecule has 1 fully saturated rings. The Balaban J connectivity index is 2.21. The standard InChI is InChI=1S/C6H11BrO/c1-6(2)3-5(4-7)8-6/h5H,3-4H2,1-2H3/t5-/m0/s1. The fourth-order valence-electron chi connectivity index (χ4n) is 1.08. The molecule has 0 radical (unpaired) electrons. The van der Waals surface area contributed by atoms with Crippen molar-refractivity contribution >= 4 is 15.9 Å². The molecule has 1 heterocycles. The van der Waals surface area contributed by atoms with Gasteiger partial charge in [-0.05, 0) is 13.8 Å². The second-order valence-electron chi connectivity index (χ2n) is 2.86. The zero-order valence-corrected chi connectivity index (χ0v) is 6.86. The second kappa shape index (κ2) is 1.99. The Bertz CT molecular complexity index is 82.5. The van der Waals surface area contributed by atoms with Crippen molar-refractivity contribution in [3.8, 4) is 0 Å². The Morgan fingerprint density at radius 1 is 1.75 bits per heavy atom. The Morgan fingerprint density at radius 2 is 2.25 bits per heavy atom. The highest BCUT2D eigenvalue weighted by Crippen LogP contribution is 2.32. The van der Waals surface area contributed by atoms with E-state index < -0.39 is 0 Å². The molecule has 1 rings (SSSR count). The summed E-state index contributed by atoms with van der Waals surface area (Å²) < 4.78 is 5.43. The molecule has 0 aromatic carbocycles. The van der Waals surface area contributed by atoms with Gasteiger partial charge in [0, 0.05) is 11.8 Å². The van der Waals surface area contributed by atoms with Crippen molar-refractivity contribution in [3.05, 3.63) is 0 Å². The van der Waals surface area contributed by atoms with Crippen LogP contribution in [0.3, 0.4) is 0 Å². The van der Waals surface area contributed by atoms with Crippen molar-refractivity contribution in [2.45, 2.75) is 32.0 Å². The predicted molar refractivity (Wildman–Crippen MR) is 37.4 cm³/mol. The van der Waals surface area contributed by atoms with Gasteiger partial charge in [-0.15, -0.1) is 0 Å². The van der Waals surface area contributed by atoms with E-state index in [2.05, 4.69) is 29.8 Å². The van der Waals surface area contributed by atoms with Crippen LogP contribution in [0, 0.1) is 0 Å². The van der Waals surface area contributed by atoms with Gasteiger partial charge >= 0.3 is 0 Å². The summed E-state index contributed by atoms with van der Waals surface area (Å²) >= 11 is 3.35. The van der Waals surface area contributed by atoms with E-state index in [9.17, 15) is 0 Å². The molecule has 0 spiro atoms. The van der Waals surface area contributed by atoms with Crippen LogP contribution in [0.4, 0.5) is 0 Å². The molecular weight excluding hydrogens is 168 g/mol. The average molecular weight is 179 g/mol. The fourth-order valence-corrected chi connectivity index (χ4v) is 1.44. The first-order chi connectivity index (χ1) is 3.64. The average Bonchev–Trinajstić information content (AvgIpc) is 1.60. The molecule has 2 heteroatoms. The third-order valence-electron chi connectivity index (χ3n) is 1.38. The van der Waals surface area contributed by atoms with Gasteiger partial charge in [0.15, 0.2) is 0 Å². The van der Waals surface area contributed by atoms with Gasteiger partial charge in [-0.3, -0.25) is 0 Å². The highest BCUT2D eigenvalue weighted by Gasteiger charge is 2.35. The molecule has 0 aromatic rings. The van der Waals surface area contributed by atoms with Gasteiger partial charge < -0.3 is 4.74 Å². The molecule has 0 amide bonds. The van der Waals surface area contributed by atoms with E-state index in [1.807, 2.05) is 0 Å². The molecule has 8 heavy (non-hydrogen) atoms. The van der Waals surface area contributed by atoms with E-state index in [1.165, 1.54) is 6.42 Å². The summed E-state index contributed by atoms with van der Waals surface area (Å²) in [5, 5.41) is 0.983. The van der Waals surface area contributed by atoms with E-state index >= 15 is 0 Å². The molecule has 0 unspecified atom stereocenters. The first-order valence-corrected chi connectivity index (χ1v) is 4.00. The van der Waals surface area contributed by atoms with E-state index in [4.69, 9.17) is 4.74 Å². The Hall–Kier alpha value is 0.440. The van der Waals surface area contributed by atoms with Crippen LogP contribution in [0.15, 0.2) is 0 Å². The topological polar surface area (TPSA) is 9.23 Å². The Labute approximate surface area is 58.5 Å². The van der Waals surface area contributed by atoms with Gasteiger partial charge in [0.25, 0.3) is 0 Å². The normalized spacial score (nSPS) is 34.1. The molecule has 0 bridgehead atoms. The van der Waals surface area contributed by atoms with Gasteiger partial charge in [0.05, 0.1) is 11.7 Å². The van der Waals surface area contributed by atoms with Crippen LogP contribution >= 0.6 is 15.9 Å². The zero-order chi connectivity index (χ0) is 6.20. The van der Waals surface area contributed by atoms with E-state index in [0.29, 0.717) is 6.10 Å². The first kappa shape index (κ1) is 6.56. The Morgan fingerprint density at radius 3 is 2.38 bits per heavy atom. The summed E-state index contributed by atoms with van der Waals surface area (Å²) in [6, 6.07) is 0. The summed E-state index contributed by atoms with van der Waals surface area (Å²) in [4.78, 5) is 0. The van der Waals surface area contributed by atoms with Crippen LogP contribution < -0.4 is 0 Å². The number of hydrogen-bond acceptors (Lipinski definition) is 1. The maximum atomic E-state index is 5.43. The molecule has 1 aliphatic heterocycles. The predicted octanol–water partition coefficient (Wildman–Crippen LogP) is 1.95. The zero-order valence-electron chi connectivity index (χ0n) is 5.28. The van der Waals surface area contributed by atoms with Crippen molar-refractivity contribution < 1.29 is 4.74 Å². The third-order valence-corrected chi connectivity index (χ3v) is 2.10. The largest absolute Gasteiger partial charge is 0.371 e. The van der Waals surface area contributed by atoms with Crippen LogP contribution in [-0.2, 0) is 4.74 Å². The molecule has 0 saturated carbocycles. The fraction of sp³-hybridized carbons (Fsp3) is 1.00. The summed E-state index contributed by atoms with van der Waals surface area (Å²) in [6.07, 6.45) is 1.67. The first-order valence-electron chi connectivity index (χ1n) is 2.88. The lowest BCUT2D eigenvalue weighted by molar-refractivity contribution is -0.172. The van der Waals surface area contributed by atoms with Crippen LogP contribution in [0.5, 0.6) is 0 Å². The molecule has 0 aromatic heterocycles. The summed E-state index contributed by atoms with van der Waals surface area (Å²) in [6.45, 7) is 4.23. The second-order valence-corrected chi connectivity index (χ2v) is 3.51. The minimum atomic E-state index is 0.165. The number of ether oxygens (including phenoxy) is 1. The van der Waals surface area contributed by atoms with Crippen LogP contribution in [0.25, 0.3) is 0 Å². The lowest BCUT2D eigenvalue weighted by Crippen LogP contribution is -2.46. The SMILES string of the molecule is CC1(C)C[C@@H](CBr)O1. The lowest BCUT2D eigenvalue weighted by atomic mass is 9.94. The molecule has 1 aliphatic rings. The smallest absolute Gasteiger partial charge is 0.0706 e. The molecule has 1 nitrogen and oxygen atoms in total. The maximum absolute atomic E-state index is 5.43. The maximum Gasteiger partial charge on any atom is 0.0706 e. The summed E-state index contributed by atoms with van der Waals surface area (Å²) in [5.74, 6) is 0. The minimum absolute atomic E-state index is 0.165. The summed E-state index contributed by atoms with van der Waals surface area (Å²) in [7, 11) is 0. The van der Waals surface area contributed by atoms with Gasteiger partial charge in [-0.2, -0.15) is 0 Å².